The minimum absolute atomic E-state index is 0.549. The highest BCUT2D eigenvalue weighted by Crippen LogP contribution is 2.44. The molecule has 0 aliphatic heterocycles. The van der Waals surface area contributed by atoms with Gasteiger partial charge in [0, 0.05) is 41.9 Å². The highest BCUT2D eigenvalue weighted by Gasteiger charge is 2.23. The quantitative estimate of drug-likeness (QED) is 0.213. The molecule has 0 atom stereocenters. The number of oxazole rings is 1. The third-order valence-electron chi connectivity index (χ3n) is 8.44. The molecule has 0 N–H and O–H groups in total. The Morgan fingerprint density at radius 3 is 2.21 bits per heavy atom. The van der Waals surface area contributed by atoms with Crippen molar-refractivity contribution >= 4 is 86.4 Å². The summed E-state index contributed by atoms with van der Waals surface area (Å²) in [6.45, 7) is 0. The zero-order valence-electron chi connectivity index (χ0n) is 22.2. The van der Waals surface area contributed by atoms with E-state index in [2.05, 4.69) is 102 Å². The number of thiophene rings is 1. The van der Waals surface area contributed by atoms with Crippen molar-refractivity contribution in [2.24, 2.45) is 0 Å². The second kappa shape index (κ2) is 8.09. The lowest BCUT2D eigenvalue weighted by molar-refractivity contribution is 0.577. The molecule has 0 amide bonds. The van der Waals surface area contributed by atoms with Gasteiger partial charge in [-0.1, -0.05) is 84.9 Å². The Morgan fingerprint density at radius 2 is 1.31 bits per heavy atom. The van der Waals surface area contributed by atoms with Gasteiger partial charge in [0.2, 0.25) is 0 Å². The second-order valence-electron chi connectivity index (χ2n) is 10.8. The van der Waals surface area contributed by atoms with Crippen molar-refractivity contribution < 1.29 is 8.83 Å². The van der Waals surface area contributed by atoms with E-state index in [0.717, 1.165) is 55.2 Å². The maximum Gasteiger partial charge on any atom is 0.307 e. The van der Waals surface area contributed by atoms with E-state index in [-0.39, 0.29) is 0 Å². The predicted molar refractivity (Wildman–Crippen MR) is 174 cm³/mol. The van der Waals surface area contributed by atoms with Crippen LogP contribution in [0.3, 0.4) is 0 Å². The van der Waals surface area contributed by atoms with Gasteiger partial charge in [-0.2, -0.15) is 4.98 Å². The minimum Gasteiger partial charge on any atom is -0.455 e. The smallest absolute Gasteiger partial charge is 0.307 e. The van der Waals surface area contributed by atoms with Crippen LogP contribution in [-0.4, -0.2) is 9.55 Å². The molecule has 4 nitrogen and oxygen atoms in total. The summed E-state index contributed by atoms with van der Waals surface area (Å²) in [5, 5.41) is 6.91. The van der Waals surface area contributed by atoms with Crippen LogP contribution in [0.2, 0.25) is 0 Å². The molecule has 0 fully saturated rings. The number of benzene rings is 6. The fraction of sp³-hybridized carbons (Fsp3) is 0. The molecule has 42 heavy (non-hydrogen) atoms. The average Bonchev–Trinajstić information content (AvgIpc) is 3.79. The first-order valence-electron chi connectivity index (χ1n) is 14.0. The number of fused-ring (bicyclic) bond motifs is 11. The summed E-state index contributed by atoms with van der Waals surface area (Å²) in [5.41, 5.74) is 7.41. The molecule has 0 aliphatic rings. The Morgan fingerprint density at radius 1 is 0.548 bits per heavy atom. The van der Waals surface area contributed by atoms with Gasteiger partial charge in [0.15, 0.2) is 5.58 Å². The van der Waals surface area contributed by atoms with Gasteiger partial charge < -0.3 is 8.83 Å². The molecule has 5 heteroatoms. The van der Waals surface area contributed by atoms with E-state index in [1.165, 1.54) is 30.9 Å². The highest BCUT2D eigenvalue weighted by molar-refractivity contribution is 7.25. The molecule has 10 rings (SSSR count). The molecule has 10 aromatic rings. The standard InChI is InChI=1S/C37H20N2O2S/c1-2-10-21(11-3-1)25-19-28-36(34-24-14-5-8-16-31(24)40-35(25)34)41-37(38-28)39-29-15-7-4-12-22(29)26-18-27-23-13-6-9-17-32(23)42-33(27)20-30(26)39/h1-20H. The summed E-state index contributed by atoms with van der Waals surface area (Å²) in [5.74, 6) is 0. The van der Waals surface area contributed by atoms with Gasteiger partial charge in [0.1, 0.15) is 16.7 Å². The van der Waals surface area contributed by atoms with E-state index in [1.54, 1.807) is 0 Å². The number of furan rings is 1. The van der Waals surface area contributed by atoms with Crippen LogP contribution in [0.15, 0.2) is 130 Å². The van der Waals surface area contributed by atoms with Crippen LogP contribution in [0, 0.1) is 0 Å². The first-order chi connectivity index (χ1) is 20.8. The fourth-order valence-electron chi connectivity index (χ4n) is 6.58. The number of para-hydroxylation sites is 2. The van der Waals surface area contributed by atoms with Crippen LogP contribution in [0.1, 0.15) is 0 Å². The monoisotopic (exact) mass is 556 g/mol. The molecule has 4 aromatic heterocycles. The van der Waals surface area contributed by atoms with Crippen molar-refractivity contribution in [1.82, 2.24) is 9.55 Å². The van der Waals surface area contributed by atoms with Crippen molar-refractivity contribution in [3.63, 3.8) is 0 Å². The molecule has 0 aliphatic carbocycles. The molecule has 0 radical (unpaired) electrons. The summed E-state index contributed by atoms with van der Waals surface area (Å²) in [7, 11) is 0. The number of hydrogen-bond donors (Lipinski definition) is 0. The minimum atomic E-state index is 0.549. The van der Waals surface area contributed by atoms with Gasteiger partial charge >= 0.3 is 6.01 Å². The van der Waals surface area contributed by atoms with Crippen LogP contribution < -0.4 is 0 Å². The summed E-state index contributed by atoms with van der Waals surface area (Å²) >= 11 is 1.82. The number of nitrogens with zero attached hydrogens (tertiary/aromatic N) is 2. The number of rotatable bonds is 2. The SMILES string of the molecule is c1ccc(-c2cc3nc(-n4c5ccccc5c5cc6c(cc54)sc4ccccc46)oc3c3c2oc2ccccc23)cc1. The highest BCUT2D eigenvalue weighted by atomic mass is 32.1. The molecular formula is C37H20N2O2S. The molecule has 0 saturated heterocycles. The molecular weight excluding hydrogens is 536 g/mol. The lowest BCUT2D eigenvalue weighted by Gasteiger charge is -2.02. The molecule has 0 saturated carbocycles. The fourth-order valence-corrected chi connectivity index (χ4v) is 7.70. The topological polar surface area (TPSA) is 44.1 Å². The van der Waals surface area contributed by atoms with Crippen LogP contribution in [0.5, 0.6) is 0 Å². The van der Waals surface area contributed by atoms with Crippen LogP contribution in [-0.2, 0) is 0 Å². The average molecular weight is 557 g/mol. The van der Waals surface area contributed by atoms with Gasteiger partial charge in [-0.15, -0.1) is 11.3 Å². The van der Waals surface area contributed by atoms with Crippen molar-refractivity contribution in [3.05, 3.63) is 121 Å². The van der Waals surface area contributed by atoms with Gasteiger partial charge in [0.05, 0.1) is 16.4 Å². The van der Waals surface area contributed by atoms with Crippen molar-refractivity contribution in [3.8, 4) is 17.1 Å². The van der Waals surface area contributed by atoms with Crippen molar-refractivity contribution in [1.29, 1.82) is 0 Å². The Labute approximate surface area is 242 Å². The lowest BCUT2D eigenvalue weighted by atomic mass is 10.0. The Hall–Kier alpha value is -5.39. The van der Waals surface area contributed by atoms with Gasteiger partial charge in [-0.05, 0) is 42.0 Å². The molecule has 196 valence electrons. The summed E-state index contributed by atoms with van der Waals surface area (Å²) in [4.78, 5) is 5.16. The van der Waals surface area contributed by atoms with Crippen LogP contribution >= 0.6 is 11.3 Å². The Balaban J connectivity index is 1.33. The normalized spacial score (nSPS) is 12.3. The molecule has 0 unspecified atom stereocenters. The maximum atomic E-state index is 6.77. The molecule has 4 heterocycles. The zero-order valence-corrected chi connectivity index (χ0v) is 23.0. The summed E-state index contributed by atoms with van der Waals surface area (Å²) in [6.07, 6.45) is 0. The van der Waals surface area contributed by atoms with E-state index in [1.807, 2.05) is 35.6 Å². The van der Waals surface area contributed by atoms with E-state index < -0.39 is 0 Å². The van der Waals surface area contributed by atoms with E-state index >= 15 is 0 Å². The molecule has 0 spiro atoms. The first-order valence-corrected chi connectivity index (χ1v) is 14.8. The van der Waals surface area contributed by atoms with Gasteiger partial charge in [-0.3, -0.25) is 4.57 Å². The summed E-state index contributed by atoms with van der Waals surface area (Å²) < 4.78 is 17.9. The number of aromatic nitrogens is 2. The largest absolute Gasteiger partial charge is 0.455 e. The summed E-state index contributed by atoms with van der Waals surface area (Å²) in [6, 6.07) is 42.9. The van der Waals surface area contributed by atoms with Crippen molar-refractivity contribution in [2.75, 3.05) is 0 Å². The van der Waals surface area contributed by atoms with E-state index in [9.17, 15) is 0 Å². The Kier molecular flexibility index (Phi) is 4.30. The van der Waals surface area contributed by atoms with Gasteiger partial charge in [0.25, 0.3) is 0 Å². The zero-order chi connectivity index (χ0) is 27.4. The second-order valence-corrected chi connectivity index (χ2v) is 11.8. The van der Waals surface area contributed by atoms with E-state index in [4.69, 9.17) is 13.8 Å². The van der Waals surface area contributed by atoms with E-state index in [0.29, 0.717) is 6.01 Å². The third-order valence-corrected chi connectivity index (χ3v) is 9.57. The Bertz CT molecular complexity index is 2690. The third kappa shape index (κ3) is 2.93. The molecule has 6 aromatic carbocycles. The number of hydrogen-bond acceptors (Lipinski definition) is 4. The van der Waals surface area contributed by atoms with Crippen LogP contribution in [0.25, 0.3) is 92.2 Å². The lowest BCUT2D eigenvalue weighted by Crippen LogP contribution is -1.93. The first kappa shape index (κ1) is 22.3. The predicted octanol–water partition coefficient (Wildman–Crippen LogP) is 10.9. The van der Waals surface area contributed by atoms with Crippen LogP contribution in [0.4, 0.5) is 0 Å². The van der Waals surface area contributed by atoms with Gasteiger partial charge in [-0.25, -0.2) is 0 Å². The maximum absolute atomic E-state index is 6.77. The van der Waals surface area contributed by atoms with Crippen molar-refractivity contribution in [2.45, 2.75) is 0 Å². The molecule has 0 bridgehead atoms.